The van der Waals surface area contributed by atoms with Gasteiger partial charge < -0.3 is 0 Å². The Morgan fingerprint density at radius 2 is 1.39 bits per heavy atom. The molecule has 0 bridgehead atoms. The summed E-state index contributed by atoms with van der Waals surface area (Å²) < 4.78 is 1.91. The Balaban J connectivity index is 1.94. The lowest BCUT2D eigenvalue weighted by molar-refractivity contribution is 1.01. The zero-order valence-corrected chi connectivity index (χ0v) is 20.6. The van der Waals surface area contributed by atoms with Crippen LogP contribution in [-0.2, 0) is 0 Å². The Kier molecular flexibility index (Phi) is 5.26. The topological polar surface area (TPSA) is 34.9 Å². The molecule has 0 atom stereocenters. The van der Waals surface area contributed by atoms with E-state index < -0.39 is 0 Å². The Hall–Kier alpha value is -4.50. The van der Waals surface area contributed by atoms with E-state index in [4.69, 9.17) is 4.98 Å². The molecule has 0 saturated carbocycles. The molecule has 0 spiro atoms. The van der Waals surface area contributed by atoms with Crippen LogP contribution in [0.25, 0.3) is 49.7 Å². The maximum absolute atomic E-state index is 14.6. The summed E-state index contributed by atoms with van der Waals surface area (Å²) >= 11 is 0. The highest BCUT2D eigenvalue weighted by molar-refractivity contribution is 6.05. The van der Waals surface area contributed by atoms with Crippen LogP contribution in [0.3, 0.4) is 0 Å². The number of aromatic nitrogens is 2. The Morgan fingerprint density at radius 1 is 0.694 bits per heavy atom. The summed E-state index contributed by atoms with van der Waals surface area (Å²) in [5, 5.41) is 2.72. The normalized spacial score (nSPS) is 11.3. The molecule has 0 amide bonds. The van der Waals surface area contributed by atoms with E-state index in [0.717, 1.165) is 66.4 Å². The molecule has 3 heteroatoms. The zero-order chi connectivity index (χ0) is 24.8. The van der Waals surface area contributed by atoms with Gasteiger partial charge in [0.2, 0.25) is 0 Å². The van der Waals surface area contributed by atoms with E-state index in [0.29, 0.717) is 0 Å². The quantitative estimate of drug-likeness (QED) is 0.267. The van der Waals surface area contributed by atoms with Gasteiger partial charge in [-0.15, -0.1) is 0 Å². The molecule has 3 nitrogen and oxygen atoms in total. The molecule has 174 valence electrons. The van der Waals surface area contributed by atoms with Crippen molar-refractivity contribution in [3.05, 3.63) is 130 Å². The third kappa shape index (κ3) is 3.44. The van der Waals surface area contributed by atoms with E-state index in [9.17, 15) is 4.79 Å². The number of rotatable bonds is 3. The molecule has 0 aliphatic carbocycles. The maximum Gasteiger partial charge on any atom is 0.263 e. The van der Waals surface area contributed by atoms with E-state index in [2.05, 4.69) is 74.5 Å². The minimum absolute atomic E-state index is 0.0257. The van der Waals surface area contributed by atoms with Crippen LogP contribution in [0.5, 0.6) is 0 Å². The second-order valence-corrected chi connectivity index (χ2v) is 9.41. The van der Waals surface area contributed by atoms with Gasteiger partial charge in [0, 0.05) is 17.1 Å². The highest BCUT2D eigenvalue weighted by Gasteiger charge is 2.24. The highest BCUT2D eigenvalue weighted by Crippen LogP contribution is 2.40. The van der Waals surface area contributed by atoms with E-state index in [-0.39, 0.29) is 5.56 Å². The van der Waals surface area contributed by atoms with Gasteiger partial charge >= 0.3 is 0 Å². The Morgan fingerprint density at radius 3 is 2.11 bits per heavy atom. The number of hydrogen-bond acceptors (Lipinski definition) is 2. The predicted molar refractivity (Wildman–Crippen MR) is 150 cm³/mol. The molecule has 0 radical (unpaired) electrons. The van der Waals surface area contributed by atoms with Gasteiger partial charge in [0.15, 0.2) is 0 Å². The van der Waals surface area contributed by atoms with Crippen molar-refractivity contribution in [3.63, 3.8) is 0 Å². The Bertz CT molecular complexity index is 1820. The fourth-order valence-corrected chi connectivity index (χ4v) is 5.39. The average molecular weight is 467 g/mol. The second-order valence-electron chi connectivity index (χ2n) is 9.41. The van der Waals surface area contributed by atoms with Crippen LogP contribution in [0.15, 0.2) is 108 Å². The van der Waals surface area contributed by atoms with Crippen LogP contribution in [0.4, 0.5) is 0 Å². The molecule has 0 unspecified atom stereocenters. The summed E-state index contributed by atoms with van der Waals surface area (Å²) in [6.45, 7) is 6.18. The second kappa shape index (κ2) is 8.62. The van der Waals surface area contributed by atoms with Crippen LogP contribution in [-0.4, -0.2) is 9.55 Å². The molecule has 6 rings (SSSR count). The standard InChI is InChI=1S/C33H26N2O/c1-21-19-23(3)28-27(20-21)29(24-11-6-4-7-12-24)32(26-13-8-5-9-14-26)35(33(28)36)31-22(2)16-17-25-15-10-18-34-30(25)31/h4-20H,1-3H3. The van der Waals surface area contributed by atoms with Crippen LogP contribution < -0.4 is 5.56 Å². The minimum Gasteiger partial charge on any atom is -0.273 e. The molecule has 0 fully saturated rings. The van der Waals surface area contributed by atoms with Crippen molar-refractivity contribution in [1.29, 1.82) is 0 Å². The molecule has 0 aliphatic heterocycles. The van der Waals surface area contributed by atoms with Crippen LogP contribution in [0.2, 0.25) is 0 Å². The summed E-state index contributed by atoms with van der Waals surface area (Å²) in [5.41, 5.74) is 8.73. The molecule has 0 N–H and O–H groups in total. The van der Waals surface area contributed by atoms with Crippen LogP contribution >= 0.6 is 0 Å². The lowest BCUT2D eigenvalue weighted by atomic mass is 9.90. The molecule has 36 heavy (non-hydrogen) atoms. The molecule has 2 heterocycles. The summed E-state index contributed by atoms with van der Waals surface area (Å²) in [7, 11) is 0. The van der Waals surface area contributed by atoms with E-state index >= 15 is 0 Å². The first-order valence-electron chi connectivity index (χ1n) is 12.2. The van der Waals surface area contributed by atoms with E-state index in [1.807, 2.05) is 47.9 Å². The third-order valence-corrected chi connectivity index (χ3v) is 6.91. The first kappa shape index (κ1) is 22.0. The van der Waals surface area contributed by atoms with Gasteiger partial charge in [0.25, 0.3) is 5.56 Å². The number of fused-ring (bicyclic) bond motifs is 2. The maximum atomic E-state index is 14.6. The third-order valence-electron chi connectivity index (χ3n) is 6.91. The van der Waals surface area contributed by atoms with Crippen molar-refractivity contribution in [2.45, 2.75) is 20.8 Å². The zero-order valence-electron chi connectivity index (χ0n) is 20.6. The van der Waals surface area contributed by atoms with Gasteiger partial charge in [0.1, 0.15) is 0 Å². The van der Waals surface area contributed by atoms with Crippen molar-refractivity contribution >= 4 is 21.7 Å². The first-order chi connectivity index (χ1) is 17.5. The SMILES string of the molecule is Cc1cc(C)c2c(=O)n(-c3c(C)ccc4cccnc34)c(-c3ccccc3)c(-c3ccccc3)c2c1. The number of benzene rings is 4. The van der Waals surface area contributed by atoms with Gasteiger partial charge in [0.05, 0.1) is 22.3 Å². The van der Waals surface area contributed by atoms with E-state index in [1.165, 1.54) is 0 Å². The van der Waals surface area contributed by atoms with Gasteiger partial charge in [-0.3, -0.25) is 14.3 Å². The van der Waals surface area contributed by atoms with Gasteiger partial charge in [-0.25, -0.2) is 0 Å². The lowest BCUT2D eigenvalue weighted by Crippen LogP contribution is -2.23. The monoisotopic (exact) mass is 466 g/mol. The van der Waals surface area contributed by atoms with Crippen molar-refractivity contribution in [1.82, 2.24) is 9.55 Å². The molecule has 0 saturated heterocycles. The minimum atomic E-state index is -0.0257. The molecular formula is C33H26N2O. The summed E-state index contributed by atoms with van der Waals surface area (Å²) in [4.78, 5) is 19.3. The predicted octanol–water partition coefficient (Wildman–Crippen LogP) is 7.80. The number of aryl methyl sites for hydroxylation is 3. The summed E-state index contributed by atoms with van der Waals surface area (Å²) in [6.07, 6.45) is 1.80. The van der Waals surface area contributed by atoms with E-state index in [1.54, 1.807) is 6.20 Å². The van der Waals surface area contributed by atoms with Crippen molar-refractivity contribution in [2.24, 2.45) is 0 Å². The van der Waals surface area contributed by atoms with Crippen molar-refractivity contribution in [2.75, 3.05) is 0 Å². The lowest BCUT2D eigenvalue weighted by Gasteiger charge is -2.23. The molecule has 0 aliphatic rings. The van der Waals surface area contributed by atoms with Gasteiger partial charge in [-0.05, 0) is 54.5 Å². The molecule has 4 aromatic carbocycles. The smallest absolute Gasteiger partial charge is 0.263 e. The van der Waals surface area contributed by atoms with Crippen molar-refractivity contribution in [3.8, 4) is 28.1 Å². The first-order valence-corrected chi connectivity index (χ1v) is 12.2. The van der Waals surface area contributed by atoms with Crippen LogP contribution in [0.1, 0.15) is 16.7 Å². The summed E-state index contributed by atoms with van der Waals surface area (Å²) in [6, 6.07) is 33.0. The fourth-order valence-electron chi connectivity index (χ4n) is 5.39. The highest BCUT2D eigenvalue weighted by atomic mass is 16.1. The van der Waals surface area contributed by atoms with Crippen molar-refractivity contribution < 1.29 is 0 Å². The summed E-state index contributed by atoms with van der Waals surface area (Å²) in [5.74, 6) is 0. The van der Waals surface area contributed by atoms with Crippen LogP contribution in [0, 0.1) is 20.8 Å². The largest absolute Gasteiger partial charge is 0.273 e. The van der Waals surface area contributed by atoms with Gasteiger partial charge in [-0.2, -0.15) is 0 Å². The Labute approximate surface area is 210 Å². The molecule has 6 aromatic rings. The molecular weight excluding hydrogens is 440 g/mol. The molecule has 2 aromatic heterocycles. The average Bonchev–Trinajstić information content (AvgIpc) is 2.89. The number of pyridine rings is 2. The number of nitrogens with zero attached hydrogens (tertiary/aromatic N) is 2. The van der Waals surface area contributed by atoms with Gasteiger partial charge in [-0.1, -0.05) is 96.6 Å². The fraction of sp³-hybridized carbons (Fsp3) is 0.0909. The number of hydrogen-bond donors (Lipinski definition) is 0.